The van der Waals surface area contributed by atoms with Crippen molar-refractivity contribution in [2.45, 2.75) is 6.42 Å². The first-order valence-electron chi connectivity index (χ1n) is 7.87. The highest BCUT2D eigenvalue weighted by molar-refractivity contribution is 5.79. The van der Waals surface area contributed by atoms with Crippen molar-refractivity contribution in [2.24, 2.45) is 7.05 Å². The lowest BCUT2D eigenvalue weighted by atomic mass is 10.2. The molecule has 4 heterocycles. The summed E-state index contributed by atoms with van der Waals surface area (Å²) in [5.41, 5.74) is 2.66. The van der Waals surface area contributed by atoms with Crippen LogP contribution in [0.1, 0.15) is 6.42 Å². The van der Waals surface area contributed by atoms with Crippen LogP contribution in [-0.4, -0.2) is 50.9 Å². The number of hydrogen-bond donors (Lipinski definition) is 1. The maximum absolute atomic E-state index is 4.59. The van der Waals surface area contributed by atoms with Gasteiger partial charge < -0.3 is 10.2 Å². The van der Waals surface area contributed by atoms with Gasteiger partial charge in [0.05, 0.1) is 24.3 Å². The van der Waals surface area contributed by atoms with Crippen LogP contribution < -0.4 is 10.2 Å². The van der Waals surface area contributed by atoms with Crippen LogP contribution in [0.5, 0.6) is 0 Å². The summed E-state index contributed by atoms with van der Waals surface area (Å²) in [4.78, 5) is 15.9. The first-order chi connectivity index (χ1) is 11.3. The predicted octanol–water partition coefficient (Wildman–Crippen LogP) is 1.22. The molecule has 1 saturated heterocycles. The molecule has 118 valence electrons. The Morgan fingerprint density at radius 3 is 2.83 bits per heavy atom. The van der Waals surface area contributed by atoms with E-state index in [9.17, 15) is 0 Å². The monoisotopic (exact) mass is 309 g/mol. The molecule has 7 nitrogen and oxygen atoms in total. The van der Waals surface area contributed by atoms with Gasteiger partial charge >= 0.3 is 0 Å². The van der Waals surface area contributed by atoms with E-state index >= 15 is 0 Å². The van der Waals surface area contributed by atoms with E-state index in [4.69, 9.17) is 0 Å². The van der Waals surface area contributed by atoms with Gasteiger partial charge in [-0.05, 0) is 19.0 Å². The Bertz CT molecular complexity index is 801. The lowest BCUT2D eigenvalue weighted by Crippen LogP contribution is -2.28. The summed E-state index contributed by atoms with van der Waals surface area (Å²) in [6, 6.07) is 2.05. The molecule has 1 N–H and O–H groups in total. The van der Waals surface area contributed by atoms with Gasteiger partial charge in [-0.1, -0.05) is 0 Å². The second kappa shape index (κ2) is 5.92. The highest BCUT2D eigenvalue weighted by Crippen LogP contribution is 2.21. The number of fused-ring (bicyclic) bond motifs is 1. The zero-order valence-corrected chi connectivity index (χ0v) is 13.1. The van der Waals surface area contributed by atoms with Gasteiger partial charge in [-0.3, -0.25) is 9.67 Å². The number of aryl methyl sites for hydroxylation is 1. The van der Waals surface area contributed by atoms with Crippen molar-refractivity contribution in [3.05, 3.63) is 30.9 Å². The Labute approximate surface area is 134 Å². The van der Waals surface area contributed by atoms with Gasteiger partial charge in [-0.25, -0.2) is 9.97 Å². The minimum atomic E-state index is 0.833. The Morgan fingerprint density at radius 1 is 1.00 bits per heavy atom. The van der Waals surface area contributed by atoms with Crippen LogP contribution >= 0.6 is 0 Å². The van der Waals surface area contributed by atoms with E-state index in [1.165, 1.54) is 0 Å². The van der Waals surface area contributed by atoms with Crippen molar-refractivity contribution in [1.82, 2.24) is 30.0 Å². The maximum Gasteiger partial charge on any atom is 0.157 e. The molecule has 0 unspecified atom stereocenters. The molecule has 1 aliphatic heterocycles. The molecule has 0 amide bonds. The molecule has 0 saturated carbocycles. The lowest BCUT2D eigenvalue weighted by molar-refractivity contribution is 0.724. The Morgan fingerprint density at radius 2 is 1.96 bits per heavy atom. The molecular formula is C16H19N7. The molecule has 0 radical (unpaired) electrons. The Balaban J connectivity index is 1.61. The molecule has 7 heteroatoms. The van der Waals surface area contributed by atoms with Crippen LogP contribution in [-0.2, 0) is 7.05 Å². The standard InChI is InChI=1S/C16H19N7/c1-22-16-13(9-21-22)7-12(8-20-16)14-10-19-15(11-18-14)23-5-2-3-17-4-6-23/h7-11,17H,2-6H2,1H3. The molecule has 0 aromatic carbocycles. The topological polar surface area (TPSA) is 71.8 Å². The molecular weight excluding hydrogens is 290 g/mol. The number of nitrogens with zero attached hydrogens (tertiary/aromatic N) is 6. The summed E-state index contributed by atoms with van der Waals surface area (Å²) < 4.78 is 1.77. The van der Waals surface area contributed by atoms with Gasteiger partial charge in [0.15, 0.2) is 5.65 Å². The fraction of sp³-hybridized carbons (Fsp3) is 0.375. The second-order valence-corrected chi connectivity index (χ2v) is 5.76. The summed E-state index contributed by atoms with van der Waals surface area (Å²) in [5, 5.41) is 8.63. The molecule has 4 rings (SSSR count). The first-order valence-corrected chi connectivity index (χ1v) is 7.87. The van der Waals surface area contributed by atoms with E-state index in [1.807, 2.05) is 31.8 Å². The summed E-state index contributed by atoms with van der Waals surface area (Å²) in [6.07, 6.45) is 8.45. The molecule has 0 bridgehead atoms. The molecule has 0 spiro atoms. The van der Waals surface area contributed by atoms with Crippen molar-refractivity contribution >= 4 is 16.9 Å². The fourth-order valence-corrected chi connectivity index (χ4v) is 2.89. The second-order valence-electron chi connectivity index (χ2n) is 5.76. The number of nitrogens with one attached hydrogen (secondary N) is 1. The van der Waals surface area contributed by atoms with Crippen molar-refractivity contribution < 1.29 is 0 Å². The minimum absolute atomic E-state index is 0.833. The largest absolute Gasteiger partial charge is 0.354 e. The summed E-state index contributed by atoms with van der Waals surface area (Å²) in [7, 11) is 1.89. The van der Waals surface area contributed by atoms with Crippen LogP contribution in [0.2, 0.25) is 0 Å². The number of aromatic nitrogens is 5. The quantitative estimate of drug-likeness (QED) is 0.767. The third-order valence-corrected chi connectivity index (χ3v) is 4.17. The molecule has 23 heavy (non-hydrogen) atoms. The third kappa shape index (κ3) is 2.75. The van der Waals surface area contributed by atoms with Crippen molar-refractivity contribution in [3.8, 4) is 11.3 Å². The smallest absolute Gasteiger partial charge is 0.157 e. The van der Waals surface area contributed by atoms with E-state index in [1.54, 1.807) is 4.68 Å². The zero-order valence-electron chi connectivity index (χ0n) is 13.1. The van der Waals surface area contributed by atoms with Crippen molar-refractivity contribution in [3.63, 3.8) is 0 Å². The lowest BCUT2D eigenvalue weighted by Gasteiger charge is -2.20. The van der Waals surface area contributed by atoms with E-state index in [-0.39, 0.29) is 0 Å². The normalized spacial score (nSPS) is 15.8. The first kappa shape index (κ1) is 14.1. The molecule has 0 aliphatic carbocycles. The van der Waals surface area contributed by atoms with Gasteiger partial charge in [-0.15, -0.1) is 0 Å². The van der Waals surface area contributed by atoms with Crippen LogP contribution in [0.25, 0.3) is 22.3 Å². The molecule has 1 aliphatic rings. The van der Waals surface area contributed by atoms with Crippen molar-refractivity contribution in [2.75, 3.05) is 31.1 Å². The highest BCUT2D eigenvalue weighted by atomic mass is 15.3. The van der Waals surface area contributed by atoms with Gasteiger partial charge in [0.25, 0.3) is 0 Å². The molecule has 0 atom stereocenters. The Hall–Kier alpha value is -2.54. The summed E-state index contributed by atoms with van der Waals surface area (Å²) in [6.45, 7) is 4.05. The van der Waals surface area contributed by atoms with E-state index in [2.05, 4.69) is 36.3 Å². The number of rotatable bonds is 2. The molecule has 1 fully saturated rings. The van der Waals surface area contributed by atoms with Crippen molar-refractivity contribution in [1.29, 1.82) is 0 Å². The van der Waals surface area contributed by atoms with E-state index in [0.29, 0.717) is 0 Å². The van der Waals surface area contributed by atoms with Crippen LogP contribution in [0.15, 0.2) is 30.9 Å². The van der Waals surface area contributed by atoms with Crippen LogP contribution in [0.4, 0.5) is 5.82 Å². The van der Waals surface area contributed by atoms with Gasteiger partial charge in [0.1, 0.15) is 5.82 Å². The third-order valence-electron chi connectivity index (χ3n) is 4.17. The average Bonchev–Trinajstić information content (AvgIpc) is 2.80. The SMILES string of the molecule is Cn1ncc2cc(-c3cnc(N4CCCNCC4)cn3)cnc21. The Kier molecular flexibility index (Phi) is 3.63. The maximum atomic E-state index is 4.59. The number of pyridine rings is 1. The van der Waals surface area contributed by atoms with Gasteiger partial charge in [0.2, 0.25) is 0 Å². The highest BCUT2D eigenvalue weighted by Gasteiger charge is 2.12. The zero-order chi connectivity index (χ0) is 15.6. The fourth-order valence-electron chi connectivity index (χ4n) is 2.89. The van der Waals surface area contributed by atoms with E-state index in [0.717, 1.165) is 60.7 Å². The number of hydrogen-bond acceptors (Lipinski definition) is 6. The average molecular weight is 309 g/mol. The minimum Gasteiger partial charge on any atom is -0.354 e. The summed E-state index contributed by atoms with van der Waals surface area (Å²) >= 11 is 0. The number of anilines is 1. The van der Waals surface area contributed by atoms with Gasteiger partial charge in [-0.2, -0.15) is 5.10 Å². The van der Waals surface area contributed by atoms with Gasteiger partial charge in [0, 0.05) is 43.8 Å². The van der Waals surface area contributed by atoms with Crippen LogP contribution in [0.3, 0.4) is 0 Å². The predicted molar refractivity (Wildman–Crippen MR) is 89.2 cm³/mol. The molecule has 3 aromatic rings. The van der Waals surface area contributed by atoms with E-state index < -0.39 is 0 Å². The summed E-state index contributed by atoms with van der Waals surface area (Å²) in [5.74, 6) is 0.938. The molecule has 3 aromatic heterocycles. The van der Waals surface area contributed by atoms with Crippen LogP contribution in [0, 0.1) is 0 Å².